The van der Waals surface area contributed by atoms with Crippen molar-refractivity contribution < 1.29 is 13.5 Å². The summed E-state index contributed by atoms with van der Waals surface area (Å²) in [4.78, 5) is 0. The zero-order chi connectivity index (χ0) is 23.9. The summed E-state index contributed by atoms with van der Waals surface area (Å²) >= 11 is 0. The summed E-state index contributed by atoms with van der Waals surface area (Å²) in [6.07, 6.45) is 21.9. The molecule has 4 rings (SSSR count). The van der Waals surface area contributed by atoms with E-state index in [1.165, 1.54) is 102 Å². The van der Waals surface area contributed by atoms with Crippen LogP contribution in [-0.4, -0.2) is 6.61 Å². The fourth-order valence-electron chi connectivity index (χ4n) is 7.59. The van der Waals surface area contributed by atoms with E-state index in [-0.39, 0.29) is 18.3 Å². The molecule has 0 heterocycles. The molecule has 3 fully saturated rings. The summed E-state index contributed by atoms with van der Waals surface area (Å²) in [7, 11) is 0. The first-order valence-corrected chi connectivity index (χ1v) is 14.3. The van der Waals surface area contributed by atoms with Gasteiger partial charge in [-0.15, -0.1) is 0 Å². The third-order valence-corrected chi connectivity index (χ3v) is 9.50. The van der Waals surface area contributed by atoms with Crippen molar-refractivity contribution in [3.05, 3.63) is 42.0 Å². The molecule has 0 saturated heterocycles. The third-order valence-electron chi connectivity index (χ3n) is 9.50. The van der Waals surface area contributed by atoms with E-state index in [0.717, 1.165) is 48.0 Å². The predicted molar refractivity (Wildman–Crippen MR) is 137 cm³/mol. The molecule has 0 radical (unpaired) electrons. The largest absolute Gasteiger partial charge is 0.483 e. The first-order valence-electron chi connectivity index (χ1n) is 14.3. The Labute approximate surface area is 206 Å². The van der Waals surface area contributed by atoms with Crippen molar-refractivity contribution in [3.63, 3.8) is 0 Å². The van der Waals surface area contributed by atoms with E-state index in [1.54, 1.807) is 0 Å². The van der Waals surface area contributed by atoms with Gasteiger partial charge in [-0.1, -0.05) is 58.1 Å². The summed E-state index contributed by atoms with van der Waals surface area (Å²) in [5.74, 6) is 3.48. The van der Waals surface area contributed by atoms with Crippen LogP contribution in [0.1, 0.15) is 115 Å². The molecule has 34 heavy (non-hydrogen) atoms. The molecule has 3 saturated carbocycles. The van der Waals surface area contributed by atoms with Crippen molar-refractivity contribution in [2.45, 2.75) is 109 Å². The van der Waals surface area contributed by atoms with Gasteiger partial charge in [-0.05, 0) is 111 Å². The van der Waals surface area contributed by atoms with Gasteiger partial charge in [0.15, 0.2) is 17.4 Å². The molecule has 4 unspecified atom stereocenters. The fraction of sp³-hybridized carbons (Fsp3) is 0.742. The second-order valence-electron chi connectivity index (χ2n) is 11.6. The highest BCUT2D eigenvalue weighted by Crippen LogP contribution is 2.50. The quantitative estimate of drug-likeness (QED) is 0.243. The molecule has 190 valence electrons. The molecule has 3 aliphatic rings. The van der Waals surface area contributed by atoms with E-state index in [2.05, 4.69) is 13.5 Å². The van der Waals surface area contributed by atoms with Crippen molar-refractivity contribution >= 4 is 0 Å². The Hall–Kier alpha value is -1.38. The second kappa shape index (κ2) is 12.5. The maximum Gasteiger partial charge on any atom is 0.191 e. The third kappa shape index (κ3) is 6.43. The Morgan fingerprint density at radius 1 is 0.824 bits per heavy atom. The molecule has 4 atom stereocenters. The minimum atomic E-state index is -0.585. The van der Waals surface area contributed by atoms with Gasteiger partial charge in [-0.3, -0.25) is 0 Å². The number of hydrogen-bond acceptors (Lipinski definition) is 1. The Balaban J connectivity index is 1.24. The van der Waals surface area contributed by atoms with Gasteiger partial charge >= 0.3 is 0 Å². The van der Waals surface area contributed by atoms with Gasteiger partial charge in [0.25, 0.3) is 0 Å². The highest BCUT2D eigenvalue weighted by molar-refractivity contribution is 5.33. The smallest absolute Gasteiger partial charge is 0.191 e. The Morgan fingerprint density at radius 2 is 1.44 bits per heavy atom. The normalized spacial score (nSPS) is 31.6. The topological polar surface area (TPSA) is 9.23 Å². The van der Waals surface area contributed by atoms with Gasteiger partial charge in [0, 0.05) is 0 Å². The van der Waals surface area contributed by atoms with Gasteiger partial charge in [0.05, 0.1) is 0 Å². The first-order chi connectivity index (χ1) is 16.6. The van der Waals surface area contributed by atoms with Crippen molar-refractivity contribution in [1.82, 2.24) is 0 Å². The van der Waals surface area contributed by atoms with Gasteiger partial charge in [-0.2, -0.15) is 0 Å². The van der Waals surface area contributed by atoms with Crippen LogP contribution in [0.15, 0.2) is 24.8 Å². The van der Waals surface area contributed by atoms with E-state index in [0.29, 0.717) is 0 Å². The van der Waals surface area contributed by atoms with E-state index in [1.807, 2.05) is 0 Å². The molecule has 0 N–H and O–H groups in total. The summed E-state index contributed by atoms with van der Waals surface area (Å²) in [5.41, 5.74) is 0.806. The Kier molecular flexibility index (Phi) is 9.48. The van der Waals surface area contributed by atoms with Crippen molar-refractivity contribution in [2.75, 3.05) is 6.61 Å². The summed E-state index contributed by atoms with van der Waals surface area (Å²) in [5, 5.41) is 0. The SMILES string of the molecule is C=CCOc1c(F)cc(C2CCC(C3CCC4CC(CCCCCC)CCC4C3)CC2)cc1F. The monoisotopic (exact) mass is 472 g/mol. The van der Waals surface area contributed by atoms with Crippen LogP contribution in [0.5, 0.6) is 5.75 Å². The standard InChI is InChI=1S/C31H46F2O/c1-3-5-6-7-8-22-9-10-27-19-26(16-15-25(27)18-22)23-11-13-24(14-12-23)28-20-29(32)31(30(33)21-28)34-17-4-2/h4,20-27H,2-3,5-19H2,1H3. The maximum atomic E-state index is 14.4. The minimum Gasteiger partial charge on any atom is -0.483 e. The number of ether oxygens (including phenoxy) is 1. The second-order valence-corrected chi connectivity index (χ2v) is 11.6. The molecular weight excluding hydrogens is 426 g/mol. The number of fused-ring (bicyclic) bond motifs is 1. The lowest BCUT2D eigenvalue weighted by Crippen LogP contribution is -2.34. The van der Waals surface area contributed by atoms with Crippen LogP contribution in [-0.2, 0) is 0 Å². The zero-order valence-corrected chi connectivity index (χ0v) is 21.4. The predicted octanol–water partition coefficient (Wildman–Crippen LogP) is 9.61. The van der Waals surface area contributed by atoms with Crippen LogP contribution in [0.3, 0.4) is 0 Å². The molecule has 3 heteroatoms. The Morgan fingerprint density at radius 3 is 2.12 bits per heavy atom. The number of halogens is 2. The van der Waals surface area contributed by atoms with Crippen molar-refractivity contribution in [1.29, 1.82) is 0 Å². The van der Waals surface area contributed by atoms with Gasteiger partial charge in [0.2, 0.25) is 0 Å². The van der Waals surface area contributed by atoms with Gasteiger partial charge in [0.1, 0.15) is 6.61 Å². The average molecular weight is 473 g/mol. The molecule has 1 nitrogen and oxygen atoms in total. The van der Waals surface area contributed by atoms with Crippen LogP contribution < -0.4 is 4.74 Å². The lowest BCUT2D eigenvalue weighted by molar-refractivity contribution is 0.0613. The molecule has 0 spiro atoms. The molecule has 1 aromatic rings. The fourth-order valence-corrected chi connectivity index (χ4v) is 7.59. The average Bonchev–Trinajstić information content (AvgIpc) is 2.86. The van der Waals surface area contributed by atoms with E-state index < -0.39 is 11.6 Å². The zero-order valence-electron chi connectivity index (χ0n) is 21.4. The van der Waals surface area contributed by atoms with Crippen molar-refractivity contribution in [3.8, 4) is 5.75 Å². The Bertz CT molecular complexity index is 759. The molecule has 0 aromatic heterocycles. The number of benzene rings is 1. The highest BCUT2D eigenvalue weighted by atomic mass is 19.1. The highest BCUT2D eigenvalue weighted by Gasteiger charge is 2.38. The molecule has 3 aliphatic carbocycles. The lowest BCUT2D eigenvalue weighted by atomic mass is 9.60. The first kappa shape index (κ1) is 25.7. The molecule has 0 amide bonds. The van der Waals surface area contributed by atoms with Crippen LogP contribution in [0.4, 0.5) is 8.78 Å². The summed E-state index contributed by atoms with van der Waals surface area (Å²) in [6.45, 7) is 5.96. The lowest BCUT2D eigenvalue weighted by Gasteiger charge is -2.45. The molecular formula is C31H46F2O. The molecule has 1 aromatic carbocycles. The summed E-state index contributed by atoms with van der Waals surface area (Å²) < 4.78 is 34.1. The van der Waals surface area contributed by atoms with Crippen LogP contribution in [0, 0.1) is 41.2 Å². The minimum absolute atomic E-state index is 0.112. The van der Waals surface area contributed by atoms with E-state index >= 15 is 0 Å². The molecule has 0 aliphatic heterocycles. The van der Waals surface area contributed by atoms with Crippen LogP contribution in [0.2, 0.25) is 0 Å². The van der Waals surface area contributed by atoms with Gasteiger partial charge in [-0.25, -0.2) is 8.78 Å². The molecule has 0 bridgehead atoms. The van der Waals surface area contributed by atoms with Crippen LogP contribution in [0.25, 0.3) is 0 Å². The van der Waals surface area contributed by atoms with E-state index in [9.17, 15) is 8.78 Å². The number of unbranched alkanes of at least 4 members (excludes halogenated alkanes) is 3. The summed E-state index contributed by atoms with van der Waals surface area (Å²) in [6, 6.07) is 3.00. The number of hydrogen-bond donors (Lipinski definition) is 0. The van der Waals surface area contributed by atoms with Crippen LogP contribution >= 0.6 is 0 Å². The number of rotatable bonds is 10. The van der Waals surface area contributed by atoms with Crippen molar-refractivity contribution in [2.24, 2.45) is 29.6 Å². The maximum absolute atomic E-state index is 14.4. The van der Waals surface area contributed by atoms with E-state index in [4.69, 9.17) is 4.74 Å². The van der Waals surface area contributed by atoms with Gasteiger partial charge < -0.3 is 4.74 Å².